The molecule has 0 aromatic rings. The Kier molecular flexibility index (Phi) is 11.1. The minimum absolute atomic E-state index is 0.0509. The summed E-state index contributed by atoms with van der Waals surface area (Å²) < 4.78 is 0. The van der Waals surface area contributed by atoms with Crippen molar-refractivity contribution in [3.05, 3.63) is 0 Å². The standard InChI is InChI=1S/C6H12O2.C4H11N5/c1-2-3-4-5-6(7)8;1-9(2)4(7)8-3(5)6/h2-5H2,1H3,(H,7,8);1-2H3,(H5,5,6,7,8). The quantitative estimate of drug-likeness (QED) is 0.324. The lowest BCUT2D eigenvalue weighted by Crippen LogP contribution is -2.28. The Morgan fingerprint density at radius 1 is 1.35 bits per heavy atom. The van der Waals surface area contributed by atoms with Crippen molar-refractivity contribution in [2.24, 2.45) is 16.5 Å². The summed E-state index contributed by atoms with van der Waals surface area (Å²) in [5.41, 5.74) is 9.98. The van der Waals surface area contributed by atoms with Crippen molar-refractivity contribution < 1.29 is 9.90 Å². The average Bonchev–Trinajstić information content (AvgIpc) is 2.17. The maximum atomic E-state index is 9.87. The number of nitrogens with one attached hydrogen (secondary N) is 1. The molecule has 17 heavy (non-hydrogen) atoms. The Labute approximate surface area is 102 Å². The lowest BCUT2D eigenvalue weighted by molar-refractivity contribution is -0.137. The average molecular weight is 245 g/mol. The van der Waals surface area contributed by atoms with Crippen LogP contribution in [0.5, 0.6) is 0 Å². The number of guanidine groups is 2. The Morgan fingerprint density at radius 2 is 1.88 bits per heavy atom. The number of carboxylic acids is 1. The zero-order chi connectivity index (χ0) is 13.8. The van der Waals surface area contributed by atoms with Gasteiger partial charge in [0.25, 0.3) is 0 Å². The molecule has 0 heterocycles. The normalized spacial score (nSPS) is 8.65. The number of carboxylic acid groups (broad SMARTS) is 1. The third-order valence-corrected chi connectivity index (χ3v) is 1.65. The molecule has 0 unspecified atom stereocenters. The van der Waals surface area contributed by atoms with Crippen molar-refractivity contribution in [1.29, 1.82) is 5.41 Å². The van der Waals surface area contributed by atoms with E-state index >= 15 is 0 Å². The SMILES string of the molecule is CCCCCC(=O)O.CN(C)C(=N)N=C(N)N. The van der Waals surface area contributed by atoms with Crippen LogP contribution in [0.2, 0.25) is 0 Å². The first-order chi connectivity index (χ1) is 7.81. The highest BCUT2D eigenvalue weighted by Gasteiger charge is 1.93. The smallest absolute Gasteiger partial charge is 0.303 e. The molecular weight excluding hydrogens is 222 g/mol. The van der Waals surface area contributed by atoms with Crippen molar-refractivity contribution in [3.63, 3.8) is 0 Å². The van der Waals surface area contributed by atoms with E-state index in [1.54, 1.807) is 14.1 Å². The summed E-state index contributed by atoms with van der Waals surface area (Å²) in [7, 11) is 3.38. The second-order valence-electron chi connectivity index (χ2n) is 3.61. The minimum atomic E-state index is -0.682. The molecule has 0 amide bonds. The number of hydrogen-bond acceptors (Lipinski definition) is 2. The molecule has 6 N–H and O–H groups in total. The fourth-order valence-electron chi connectivity index (χ4n) is 0.749. The van der Waals surface area contributed by atoms with Crippen molar-refractivity contribution in [2.75, 3.05) is 14.1 Å². The van der Waals surface area contributed by atoms with Crippen LogP contribution < -0.4 is 11.5 Å². The van der Waals surface area contributed by atoms with Gasteiger partial charge < -0.3 is 21.5 Å². The molecule has 0 fully saturated rings. The summed E-state index contributed by atoms with van der Waals surface area (Å²) >= 11 is 0. The summed E-state index contributed by atoms with van der Waals surface area (Å²) in [5.74, 6) is -0.720. The van der Waals surface area contributed by atoms with E-state index in [1.165, 1.54) is 4.90 Å². The highest BCUT2D eigenvalue weighted by molar-refractivity contribution is 5.91. The molecule has 0 aliphatic heterocycles. The molecular formula is C10H23N5O2. The highest BCUT2D eigenvalue weighted by Crippen LogP contribution is 1.97. The predicted octanol–water partition coefficient (Wildman–Crippen LogP) is 0.407. The molecule has 0 aliphatic carbocycles. The van der Waals surface area contributed by atoms with Gasteiger partial charge in [-0.1, -0.05) is 19.8 Å². The van der Waals surface area contributed by atoms with Gasteiger partial charge in [0.15, 0.2) is 5.96 Å². The van der Waals surface area contributed by atoms with E-state index in [2.05, 4.69) is 11.9 Å². The van der Waals surface area contributed by atoms with E-state index < -0.39 is 5.97 Å². The van der Waals surface area contributed by atoms with Crippen LogP contribution in [0, 0.1) is 5.41 Å². The maximum absolute atomic E-state index is 9.87. The molecule has 0 atom stereocenters. The Bertz CT molecular complexity index is 259. The fraction of sp³-hybridized carbons (Fsp3) is 0.700. The highest BCUT2D eigenvalue weighted by atomic mass is 16.4. The van der Waals surface area contributed by atoms with Crippen LogP contribution in [0.1, 0.15) is 32.6 Å². The minimum Gasteiger partial charge on any atom is -0.481 e. The van der Waals surface area contributed by atoms with Crippen molar-refractivity contribution in [2.45, 2.75) is 32.6 Å². The van der Waals surface area contributed by atoms with Gasteiger partial charge in [0, 0.05) is 20.5 Å². The van der Waals surface area contributed by atoms with Gasteiger partial charge in [0.05, 0.1) is 0 Å². The van der Waals surface area contributed by atoms with Gasteiger partial charge in [-0.15, -0.1) is 0 Å². The Hall–Kier alpha value is -1.79. The van der Waals surface area contributed by atoms with Crippen LogP contribution in [-0.4, -0.2) is 42.0 Å². The van der Waals surface area contributed by atoms with Crippen molar-refractivity contribution >= 4 is 17.9 Å². The number of nitrogens with two attached hydrogens (primary N) is 2. The molecule has 7 nitrogen and oxygen atoms in total. The zero-order valence-corrected chi connectivity index (χ0v) is 10.7. The van der Waals surface area contributed by atoms with E-state index in [-0.39, 0.29) is 11.9 Å². The monoisotopic (exact) mass is 245 g/mol. The number of carbonyl (C=O) groups is 1. The summed E-state index contributed by atoms with van der Waals surface area (Å²) in [6.45, 7) is 2.06. The van der Waals surface area contributed by atoms with E-state index in [0.29, 0.717) is 6.42 Å². The van der Waals surface area contributed by atoms with Gasteiger partial charge in [-0.05, 0) is 6.42 Å². The van der Waals surface area contributed by atoms with Gasteiger partial charge in [-0.25, -0.2) is 0 Å². The third-order valence-electron chi connectivity index (χ3n) is 1.65. The molecule has 7 heteroatoms. The lowest BCUT2D eigenvalue weighted by atomic mass is 10.2. The van der Waals surface area contributed by atoms with E-state index in [4.69, 9.17) is 22.0 Å². The number of unbranched alkanes of at least 4 members (excludes halogenated alkanes) is 2. The van der Waals surface area contributed by atoms with Gasteiger partial charge in [-0.2, -0.15) is 4.99 Å². The molecule has 100 valence electrons. The number of aliphatic carboxylic acids is 1. The van der Waals surface area contributed by atoms with Crippen LogP contribution in [-0.2, 0) is 4.79 Å². The van der Waals surface area contributed by atoms with Gasteiger partial charge in [0.1, 0.15) is 0 Å². The largest absolute Gasteiger partial charge is 0.481 e. The molecule has 0 radical (unpaired) electrons. The number of hydrogen-bond donors (Lipinski definition) is 4. The Morgan fingerprint density at radius 3 is 2.12 bits per heavy atom. The fourth-order valence-corrected chi connectivity index (χ4v) is 0.749. The molecule has 0 saturated carbocycles. The van der Waals surface area contributed by atoms with Crippen molar-refractivity contribution in [1.82, 2.24) is 4.90 Å². The first-order valence-electron chi connectivity index (χ1n) is 5.38. The summed E-state index contributed by atoms with van der Waals surface area (Å²) in [6, 6.07) is 0. The molecule has 0 aromatic carbocycles. The number of nitrogens with zero attached hydrogens (tertiary/aromatic N) is 2. The Balaban J connectivity index is 0. The van der Waals surface area contributed by atoms with Gasteiger partial charge in [0.2, 0.25) is 5.96 Å². The topological polar surface area (TPSA) is 129 Å². The van der Waals surface area contributed by atoms with Gasteiger partial charge in [-0.3, -0.25) is 10.2 Å². The van der Waals surface area contributed by atoms with Crippen LogP contribution >= 0.6 is 0 Å². The molecule has 0 rings (SSSR count). The molecule has 0 spiro atoms. The first-order valence-corrected chi connectivity index (χ1v) is 5.38. The van der Waals surface area contributed by atoms with E-state index in [9.17, 15) is 4.79 Å². The first kappa shape index (κ1) is 17.6. The summed E-state index contributed by atoms with van der Waals surface area (Å²) in [6.07, 6.45) is 3.28. The molecule has 0 saturated heterocycles. The zero-order valence-electron chi connectivity index (χ0n) is 10.7. The second kappa shape index (κ2) is 10.7. The third kappa shape index (κ3) is 16.9. The second-order valence-corrected chi connectivity index (χ2v) is 3.61. The summed E-state index contributed by atoms with van der Waals surface area (Å²) in [4.78, 5) is 14.8. The number of rotatable bonds is 4. The molecule has 0 aromatic heterocycles. The van der Waals surface area contributed by atoms with Gasteiger partial charge >= 0.3 is 5.97 Å². The van der Waals surface area contributed by atoms with E-state index in [0.717, 1.165) is 19.3 Å². The lowest BCUT2D eigenvalue weighted by Gasteiger charge is -2.07. The van der Waals surface area contributed by atoms with E-state index in [1.807, 2.05) is 0 Å². The van der Waals surface area contributed by atoms with Crippen molar-refractivity contribution in [3.8, 4) is 0 Å². The number of aliphatic imine (C=N–C) groups is 1. The van der Waals surface area contributed by atoms with Crippen LogP contribution in [0.3, 0.4) is 0 Å². The van der Waals surface area contributed by atoms with Crippen LogP contribution in [0.4, 0.5) is 0 Å². The van der Waals surface area contributed by atoms with Crippen LogP contribution in [0.25, 0.3) is 0 Å². The summed E-state index contributed by atoms with van der Waals surface area (Å²) in [5, 5.41) is 15.2. The maximum Gasteiger partial charge on any atom is 0.303 e. The van der Waals surface area contributed by atoms with Crippen LogP contribution in [0.15, 0.2) is 4.99 Å². The molecule has 0 aliphatic rings. The predicted molar refractivity (Wildman–Crippen MR) is 69.0 cm³/mol. The molecule has 0 bridgehead atoms.